The van der Waals surface area contributed by atoms with Gasteiger partial charge in [-0.15, -0.1) is 0 Å². The first-order valence-corrected chi connectivity index (χ1v) is 5.51. The zero-order chi connectivity index (χ0) is 13.3. The summed E-state index contributed by atoms with van der Waals surface area (Å²) < 4.78 is 0.865. The van der Waals surface area contributed by atoms with Crippen LogP contribution in [-0.4, -0.2) is 20.6 Å². The van der Waals surface area contributed by atoms with Gasteiger partial charge in [0.15, 0.2) is 0 Å². The number of aromatic nitrogens is 2. The van der Waals surface area contributed by atoms with E-state index in [2.05, 4.69) is 4.98 Å². The summed E-state index contributed by atoms with van der Waals surface area (Å²) in [4.78, 5) is 36.6. The van der Waals surface area contributed by atoms with E-state index in [4.69, 9.17) is 16.7 Å². The van der Waals surface area contributed by atoms with E-state index < -0.39 is 17.2 Å². The van der Waals surface area contributed by atoms with Gasteiger partial charge >= 0.3 is 11.7 Å². The number of aromatic amines is 1. The van der Waals surface area contributed by atoms with Crippen LogP contribution in [0.2, 0.25) is 5.02 Å². The number of halogens is 1. The quantitative estimate of drug-likeness (QED) is 0.862. The van der Waals surface area contributed by atoms with Crippen LogP contribution < -0.4 is 11.2 Å². The lowest BCUT2D eigenvalue weighted by atomic mass is 10.2. The monoisotopic (exact) mass is 268 g/mol. The van der Waals surface area contributed by atoms with Gasteiger partial charge in [0.1, 0.15) is 0 Å². The van der Waals surface area contributed by atoms with Crippen molar-refractivity contribution in [3.05, 3.63) is 44.1 Å². The van der Waals surface area contributed by atoms with Crippen LogP contribution in [0, 0.1) is 0 Å². The lowest BCUT2D eigenvalue weighted by Crippen LogP contribution is -2.35. The summed E-state index contributed by atoms with van der Waals surface area (Å²) in [7, 11) is 0. The molecular weight excluding hydrogens is 260 g/mol. The largest absolute Gasteiger partial charge is 0.481 e. The van der Waals surface area contributed by atoms with E-state index in [1.807, 2.05) is 0 Å². The van der Waals surface area contributed by atoms with E-state index in [9.17, 15) is 14.4 Å². The number of benzene rings is 1. The van der Waals surface area contributed by atoms with Crippen LogP contribution >= 0.6 is 11.6 Å². The minimum Gasteiger partial charge on any atom is -0.481 e. The zero-order valence-corrected chi connectivity index (χ0v) is 9.90. The molecule has 0 saturated carbocycles. The lowest BCUT2D eigenvalue weighted by molar-refractivity contribution is -0.137. The molecule has 7 heteroatoms. The third-order valence-corrected chi connectivity index (χ3v) is 2.73. The number of carboxylic acids is 1. The number of carboxylic acid groups (broad SMARTS) is 1. The maximum atomic E-state index is 12.0. The van der Waals surface area contributed by atoms with Gasteiger partial charge < -0.3 is 10.1 Å². The third-order valence-electron chi connectivity index (χ3n) is 2.49. The van der Waals surface area contributed by atoms with Crippen LogP contribution in [-0.2, 0) is 11.3 Å². The second-order valence-corrected chi connectivity index (χ2v) is 4.16. The minimum absolute atomic E-state index is 0.165. The van der Waals surface area contributed by atoms with E-state index in [1.165, 1.54) is 18.2 Å². The van der Waals surface area contributed by atoms with E-state index in [1.54, 1.807) is 0 Å². The number of nitrogens with zero attached hydrogens (tertiary/aromatic N) is 1. The first kappa shape index (κ1) is 12.4. The number of hydrogen-bond donors (Lipinski definition) is 2. The Labute approximate surface area is 105 Å². The van der Waals surface area contributed by atoms with Gasteiger partial charge in [0.05, 0.1) is 17.3 Å². The van der Waals surface area contributed by atoms with Gasteiger partial charge in [0, 0.05) is 11.6 Å². The highest BCUT2D eigenvalue weighted by Crippen LogP contribution is 2.13. The Balaban J connectivity index is 2.62. The van der Waals surface area contributed by atoms with Crippen LogP contribution in [0.4, 0.5) is 0 Å². The summed E-state index contributed by atoms with van der Waals surface area (Å²) in [6.07, 6.45) is -0.290. The molecule has 0 atom stereocenters. The molecule has 0 amide bonds. The molecule has 18 heavy (non-hydrogen) atoms. The highest BCUT2D eigenvalue weighted by atomic mass is 35.5. The van der Waals surface area contributed by atoms with E-state index in [-0.39, 0.29) is 13.0 Å². The molecule has 1 heterocycles. The molecule has 2 aromatic rings. The van der Waals surface area contributed by atoms with Crippen LogP contribution in [0.5, 0.6) is 0 Å². The maximum Gasteiger partial charge on any atom is 0.328 e. The molecule has 0 aliphatic carbocycles. The summed E-state index contributed by atoms with van der Waals surface area (Å²) in [5, 5.41) is 9.26. The Morgan fingerprint density at radius 1 is 1.39 bits per heavy atom. The Morgan fingerprint density at radius 2 is 2.11 bits per heavy atom. The van der Waals surface area contributed by atoms with Crippen molar-refractivity contribution in [3.63, 3.8) is 0 Å². The Hall–Kier alpha value is -2.08. The number of fused-ring (bicyclic) bond motifs is 1. The predicted molar refractivity (Wildman–Crippen MR) is 66.1 cm³/mol. The number of hydrogen-bond acceptors (Lipinski definition) is 3. The minimum atomic E-state index is -1.07. The fourth-order valence-corrected chi connectivity index (χ4v) is 1.81. The number of aliphatic carboxylic acids is 1. The summed E-state index contributed by atoms with van der Waals surface area (Å²) in [5.74, 6) is -1.07. The molecule has 0 bridgehead atoms. The Bertz CT molecular complexity index is 732. The second-order valence-electron chi connectivity index (χ2n) is 3.72. The second kappa shape index (κ2) is 4.66. The standard InChI is InChI=1S/C11H9ClN2O4/c12-6-1-2-7-8(5-6)13-11(18)14(10(7)17)4-3-9(15)16/h1-2,5H,3-4H2,(H,13,18)(H,15,16). The van der Waals surface area contributed by atoms with Gasteiger partial charge in [-0.05, 0) is 18.2 Å². The molecule has 2 rings (SSSR count). The summed E-state index contributed by atoms with van der Waals surface area (Å²) in [6, 6.07) is 4.50. The molecular formula is C11H9ClN2O4. The van der Waals surface area contributed by atoms with Gasteiger partial charge in [-0.3, -0.25) is 14.2 Å². The summed E-state index contributed by atoms with van der Waals surface area (Å²) in [6.45, 7) is -0.165. The molecule has 0 aliphatic heterocycles. The fourth-order valence-electron chi connectivity index (χ4n) is 1.64. The van der Waals surface area contributed by atoms with Crippen molar-refractivity contribution < 1.29 is 9.90 Å². The molecule has 0 aliphatic rings. The van der Waals surface area contributed by atoms with Crippen LogP contribution in [0.15, 0.2) is 27.8 Å². The highest BCUT2D eigenvalue weighted by Gasteiger charge is 2.09. The van der Waals surface area contributed by atoms with E-state index in [0.29, 0.717) is 15.9 Å². The number of rotatable bonds is 3. The van der Waals surface area contributed by atoms with Crippen LogP contribution in [0.3, 0.4) is 0 Å². The summed E-state index contributed by atoms with van der Waals surface area (Å²) in [5.41, 5.74) is -0.827. The predicted octanol–water partition coefficient (Wildman–Crippen LogP) is 0.818. The van der Waals surface area contributed by atoms with Crippen molar-refractivity contribution in [3.8, 4) is 0 Å². The Morgan fingerprint density at radius 3 is 2.78 bits per heavy atom. The SMILES string of the molecule is O=C(O)CCn1c(=O)[nH]c2cc(Cl)ccc2c1=O. The van der Waals surface area contributed by atoms with Gasteiger partial charge in [-0.2, -0.15) is 0 Å². The first-order chi connectivity index (χ1) is 8.49. The van der Waals surface area contributed by atoms with Crippen molar-refractivity contribution in [1.29, 1.82) is 0 Å². The highest BCUT2D eigenvalue weighted by molar-refractivity contribution is 6.31. The molecule has 2 N–H and O–H groups in total. The average Bonchev–Trinajstić information content (AvgIpc) is 2.27. The molecule has 0 radical (unpaired) electrons. The van der Waals surface area contributed by atoms with Crippen LogP contribution in [0.1, 0.15) is 6.42 Å². The Kier molecular flexibility index (Phi) is 3.20. The molecule has 0 unspecified atom stereocenters. The normalized spacial score (nSPS) is 10.7. The van der Waals surface area contributed by atoms with Gasteiger partial charge in [0.25, 0.3) is 5.56 Å². The van der Waals surface area contributed by atoms with Gasteiger partial charge in [0.2, 0.25) is 0 Å². The third kappa shape index (κ3) is 2.28. The smallest absolute Gasteiger partial charge is 0.328 e. The van der Waals surface area contributed by atoms with E-state index >= 15 is 0 Å². The van der Waals surface area contributed by atoms with Crippen molar-refractivity contribution >= 4 is 28.5 Å². The topological polar surface area (TPSA) is 92.2 Å². The van der Waals surface area contributed by atoms with Crippen molar-refractivity contribution in [2.45, 2.75) is 13.0 Å². The molecule has 0 spiro atoms. The van der Waals surface area contributed by atoms with Gasteiger partial charge in [-0.25, -0.2) is 4.79 Å². The molecule has 1 aromatic heterocycles. The number of carbonyl (C=O) groups is 1. The first-order valence-electron chi connectivity index (χ1n) is 5.13. The molecule has 94 valence electrons. The molecule has 0 fully saturated rings. The summed E-state index contributed by atoms with van der Waals surface area (Å²) >= 11 is 5.76. The van der Waals surface area contributed by atoms with Gasteiger partial charge in [-0.1, -0.05) is 11.6 Å². The van der Waals surface area contributed by atoms with Crippen molar-refractivity contribution in [1.82, 2.24) is 9.55 Å². The number of H-pyrrole nitrogens is 1. The molecule has 1 aromatic carbocycles. The van der Waals surface area contributed by atoms with Crippen LogP contribution in [0.25, 0.3) is 10.9 Å². The molecule has 6 nitrogen and oxygen atoms in total. The average molecular weight is 269 g/mol. The fraction of sp³-hybridized carbons (Fsp3) is 0.182. The van der Waals surface area contributed by atoms with E-state index in [0.717, 1.165) is 4.57 Å². The maximum absolute atomic E-state index is 12.0. The zero-order valence-electron chi connectivity index (χ0n) is 9.14. The van der Waals surface area contributed by atoms with Crippen molar-refractivity contribution in [2.75, 3.05) is 0 Å². The lowest BCUT2D eigenvalue weighted by Gasteiger charge is -2.04. The van der Waals surface area contributed by atoms with Crippen molar-refractivity contribution in [2.24, 2.45) is 0 Å². The molecule has 0 saturated heterocycles. The number of nitrogens with one attached hydrogen (secondary N) is 1.